The third-order valence-corrected chi connectivity index (χ3v) is 5.57. The summed E-state index contributed by atoms with van der Waals surface area (Å²) in [6.45, 7) is 0. The fraction of sp³-hybridized carbons (Fsp3) is 0.214. The van der Waals surface area contributed by atoms with E-state index >= 15 is 0 Å². The number of halogens is 1. The van der Waals surface area contributed by atoms with Gasteiger partial charge in [0.25, 0.3) is 0 Å². The molecule has 110 valence electrons. The van der Waals surface area contributed by atoms with Crippen molar-refractivity contribution in [2.75, 3.05) is 5.75 Å². The van der Waals surface area contributed by atoms with Crippen LogP contribution >= 0.6 is 39.0 Å². The molecule has 1 unspecified atom stereocenters. The van der Waals surface area contributed by atoms with Crippen molar-refractivity contribution in [2.45, 2.75) is 17.4 Å². The zero-order valence-electron chi connectivity index (χ0n) is 11.2. The molecule has 2 aromatic heterocycles. The number of hydrogen-bond acceptors (Lipinski definition) is 5. The number of hydrogen-bond donors (Lipinski definition) is 2. The number of thioether (sulfide) groups is 1. The van der Waals surface area contributed by atoms with Gasteiger partial charge in [-0.25, -0.2) is 4.98 Å². The number of nitrogens with zero attached hydrogens (tertiary/aromatic N) is 2. The first-order chi connectivity index (χ1) is 10.2. The lowest BCUT2D eigenvalue weighted by Crippen LogP contribution is -2.38. The van der Waals surface area contributed by atoms with Crippen LogP contribution in [0.3, 0.4) is 0 Å². The Hall–Kier alpha value is -0.860. The third-order valence-electron chi connectivity index (χ3n) is 3.10. The van der Waals surface area contributed by atoms with Gasteiger partial charge >= 0.3 is 0 Å². The number of fused-ring (bicyclic) bond motifs is 1. The molecule has 0 saturated carbocycles. The van der Waals surface area contributed by atoms with Crippen molar-refractivity contribution in [2.24, 2.45) is 5.84 Å². The summed E-state index contributed by atoms with van der Waals surface area (Å²) in [6, 6.07) is 8.51. The first-order valence-electron chi connectivity index (χ1n) is 6.50. The first kappa shape index (κ1) is 15.1. The minimum Gasteiger partial charge on any atom is -0.297 e. The second-order valence-electron chi connectivity index (χ2n) is 4.66. The Balaban J connectivity index is 1.59. The summed E-state index contributed by atoms with van der Waals surface area (Å²) in [5.74, 6) is 6.58. The van der Waals surface area contributed by atoms with Gasteiger partial charge in [-0.2, -0.15) is 0 Å². The second kappa shape index (κ2) is 6.93. The minimum absolute atomic E-state index is 0.197. The van der Waals surface area contributed by atoms with Crippen LogP contribution in [0, 0.1) is 0 Å². The average molecular weight is 383 g/mol. The van der Waals surface area contributed by atoms with Crippen LogP contribution in [0.15, 0.2) is 51.4 Å². The van der Waals surface area contributed by atoms with E-state index in [-0.39, 0.29) is 6.04 Å². The van der Waals surface area contributed by atoms with E-state index in [4.69, 9.17) is 5.84 Å². The molecule has 0 aliphatic carbocycles. The Labute approximate surface area is 139 Å². The van der Waals surface area contributed by atoms with Gasteiger partial charge in [0.15, 0.2) is 4.96 Å². The highest BCUT2D eigenvalue weighted by Crippen LogP contribution is 2.22. The summed E-state index contributed by atoms with van der Waals surface area (Å²) in [7, 11) is 0. The van der Waals surface area contributed by atoms with Crippen molar-refractivity contribution in [1.82, 2.24) is 14.8 Å². The third kappa shape index (κ3) is 3.87. The molecule has 0 bridgehead atoms. The Morgan fingerprint density at radius 2 is 2.19 bits per heavy atom. The van der Waals surface area contributed by atoms with Gasteiger partial charge in [-0.3, -0.25) is 15.7 Å². The summed E-state index contributed by atoms with van der Waals surface area (Å²) in [5.41, 5.74) is 3.96. The van der Waals surface area contributed by atoms with Gasteiger partial charge in [0.05, 0.1) is 5.69 Å². The van der Waals surface area contributed by atoms with Crippen LogP contribution in [0.1, 0.15) is 5.69 Å². The maximum absolute atomic E-state index is 5.68. The fourth-order valence-corrected chi connectivity index (χ4v) is 3.94. The number of hydrazine groups is 1. The van der Waals surface area contributed by atoms with Crippen LogP contribution in [-0.2, 0) is 6.42 Å². The Morgan fingerprint density at radius 3 is 2.90 bits per heavy atom. The van der Waals surface area contributed by atoms with Crippen LogP contribution < -0.4 is 11.3 Å². The first-order valence-corrected chi connectivity index (χ1v) is 9.16. The van der Waals surface area contributed by atoms with Crippen molar-refractivity contribution < 1.29 is 0 Å². The zero-order valence-corrected chi connectivity index (χ0v) is 14.4. The summed E-state index contributed by atoms with van der Waals surface area (Å²) >= 11 is 6.88. The highest BCUT2D eigenvalue weighted by Gasteiger charge is 2.11. The molecule has 3 N–H and O–H groups in total. The van der Waals surface area contributed by atoms with Gasteiger partial charge in [-0.15, -0.1) is 23.1 Å². The van der Waals surface area contributed by atoms with Gasteiger partial charge in [0.1, 0.15) is 0 Å². The number of rotatable bonds is 6. The van der Waals surface area contributed by atoms with Gasteiger partial charge in [-0.1, -0.05) is 15.9 Å². The molecule has 2 heterocycles. The van der Waals surface area contributed by atoms with E-state index < -0.39 is 0 Å². The molecule has 7 heteroatoms. The monoisotopic (exact) mass is 382 g/mol. The molecule has 0 aliphatic heterocycles. The summed E-state index contributed by atoms with van der Waals surface area (Å²) in [5, 5.41) is 2.04. The SMILES string of the molecule is NNC(CSc1ccc(Br)cc1)Cc1cn2ccsc2n1. The molecule has 1 aromatic carbocycles. The van der Waals surface area contributed by atoms with E-state index in [0.29, 0.717) is 0 Å². The molecule has 0 spiro atoms. The topological polar surface area (TPSA) is 55.3 Å². The normalized spacial score (nSPS) is 12.9. The van der Waals surface area contributed by atoms with Crippen LogP contribution in [0.5, 0.6) is 0 Å². The summed E-state index contributed by atoms with van der Waals surface area (Å²) < 4.78 is 3.15. The lowest BCUT2D eigenvalue weighted by atomic mass is 10.2. The molecule has 0 aliphatic rings. The molecule has 0 saturated heterocycles. The maximum atomic E-state index is 5.68. The Kier molecular flexibility index (Phi) is 4.97. The quantitative estimate of drug-likeness (QED) is 0.390. The van der Waals surface area contributed by atoms with Crippen molar-refractivity contribution in [3.8, 4) is 0 Å². The van der Waals surface area contributed by atoms with Crippen molar-refractivity contribution >= 4 is 44.0 Å². The van der Waals surface area contributed by atoms with Crippen LogP contribution in [-0.4, -0.2) is 21.2 Å². The second-order valence-corrected chi connectivity index (χ2v) is 7.54. The predicted molar refractivity (Wildman–Crippen MR) is 92.8 cm³/mol. The highest BCUT2D eigenvalue weighted by atomic mass is 79.9. The number of benzene rings is 1. The molecule has 0 fully saturated rings. The van der Waals surface area contributed by atoms with Crippen LogP contribution in [0.25, 0.3) is 4.96 Å². The van der Waals surface area contributed by atoms with Crippen molar-refractivity contribution in [3.63, 3.8) is 0 Å². The van der Waals surface area contributed by atoms with E-state index in [9.17, 15) is 0 Å². The Bertz CT molecular complexity index is 679. The molecule has 0 amide bonds. The predicted octanol–water partition coefficient (Wildman–Crippen LogP) is 3.33. The van der Waals surface area contributed by atoms with Crippen molar-refractivity contribution in [3.05, 3.63) is 52.2 Å². The lowest BCUT2D eigenvalue weighted by molar-refractivity contribution is 0.570. The van der Waals surface area contributed by atoms with Gasteiger partial charge < -0.3 is 0 Å². The van der Waals surface area contributed by atoms with Gasteiger partial charge in [0, 0.05) is 45.4 Å². The average Bonchev–Trinajstić information content (AvgIpc) is 3.06. The van der Waals surface area contributed by atoms with Crippen LogP contribution in [0.4, 0.5) is 0 Å². The number of aromatic nitrogens is 2. The van der Waals surface area contributed by atoms with Gasteiger partial charge in [0.2, 0.25) is 0 Å². The largest absolute Gasteiger partial charge is 0.297 e. The molecule has 1 atom stereocenters. The summed E-state index contributed by atoms with van der Waals surface area (Å²) in [4.78, 5) is 6.87. The van der Waals surface area contributed by atoms with E-state index in [1.165, 1.54) is 4.90 Å². The number of imidazole rings is 1. The fourth-order valence-electron chi connectivity index (χ4n) is 2.02. The molecular weight excluding hydrogens is 368 g/mol. The standard InChI is InChI=1S/C14H15BrN4S2/c15-10-1-3-13(4-2-10)21-9-12(18-16)7-11-8-19-5-6-20-14(19)17-11/h1-6,8,12,18H,7,9,16H2. The number of nitrogens with one attached hydrogen (secondary N) is 1. The minimum atomic E-state index is 0.197. The molecule has 3 aromatic rings. The zero-order chi connectivity index (χ0) is 14.7. The summed E-state index contributed by atoms with van der Waals surface area (Å²) in [6.07, 6.45) is 4.92. The Morgan fingerprint density at radius 1 is 1.38 bits per heavy atom. The highest BCUT2D eigenvalue weighted by molar-refractivity contribution is 9.10. The van der Waals surface area contributed by atoms with Crippen molar-refractivity contribution in [1.29, 1.82) is 0 Å². The number of thiazole rings is 1. The number of nitrogens with two attached hydrogens (primary N) is 1. The molecular formula is C14H15BrN4S2. The molecule has 0 radical (unpaired) electrons. The van der Waals surface area contributed by atoms with E-state index in [0.717, 1.165) is 27.3 Å². The van der Waals surface area contributed by atoms with Crippen LogP contribution in [0.2, 0.25) is 0 Å². The maximum Gasteiger partial charge on any atom is 0.193 e. The molecule has 21 heavy (non-hydrogen) atoms. The lowest BCUT2D eigenvalue weighted by Gasteiger charge is -2.14. The van der Waals surface area contributed by atoms with E-state index in [2.05, 4.69) is 61.2 Å². The molecule has 3 rings (SSSR count). The van der Waals surface area contributed by atoms with Gasteiger partial charge in [-0.05, 0) is 24.3 Å². The van der Waals surface area contributed by atoms with E-state index in [1.807, 2.05) is 11.6 Å². The molecule has 4 nitrogen and oxygen atoms in total. The smallest absolute Gasteiger partial charge is 0.193 e. The van der Waals surface area contributed by atoms with E-state index in [1.54, 1.807) is 23.1 Å².